The number of esters is 1. The highest BCUT2D eigenvalue weighted by Crippen LogP contribution is 2.27. The number of halogens is 5. The summed E-state index contributed by atoms with van der Waals surface area (Å²) < 4.78 is 78.5. The molecule has 1 atom stereocenters. The van der Waals surface area contributed by atoms with Gasteiger partial charge in [-0.2, -0.15) is 0 Å². The predicted molar refractivity (Wildman–Crippen MR) is 92.8 cm³/mol. The minimum Gasteiger partial charge on any atom is -0.452 e. The van der Waals surface area contributed by atoms with E-state index in [0.717, 1.165) is 5.56 Å². The highest BCUT2D eigenvalue weighted by Gasteiger charge is 2.32. The van der Waals surface area contributed by atoms with E-state index in [0.29, 0.717) is 31.9 Å². The molecule has 1 saturated heterocycles. The number of nitrogens with zero attached hydrogens (tertiary/aromatic N) is 1. The highest BCUT2D eigenvalue weighted by molar-refractivity contribution is 5.90. The van der Waals surface area contributed by atoms with Crippen LogP contribution in [-0.2, 0) is 9.47 Å². The molecule has 0 aromatic heterocycles. The lowest BCUT2D eigenvalue weighted by molar-refractivity contribution is -0.00537. The Morgan fingerprint density at radius 2 is 1.48 bits per heavy atom. The number of rotatable bonds is 5. The number of hydrogen-bond acceptors (Lipinski definition) is 4. The van der Waals surface area contributed by atoms with Crippen LogP contribution in [0.3, 0.4) is 0 Å². The van der Waals surface area contributed by atoms with Crippen LogP contribution in [0.4, 0.5) is 22.0 Å². The lowest BCUT2D eigenvalue weighted by atomic mass is 10.1. The molecule has 1 aliphatic rings. The van der Waals surface area contributed by atoms with E-state index in [1.807, 2.05) is 11.8 Å². The fourth-order valence-corrected chi connectivity index (χ4v) is 2.98. The zero-order valence-electron chi connectivity index (χ0n) is 15.5. The van der Waals surface area contributed by atoms with Crippen molar-refractivity contribution in [1.82, 2.24) is 4.90 Å². The number of benzene rings is 2. The Morgan fingerprint density at radius 3 is 2.03 bits per heavy atom. The van der Waals surface area contributed by atoms with E-state index in [2.05, 4.69) is 0 Å². The van der Waals surface area contributed by atoms with Gasteiger partial charge in [0.2, 0.25) is 5.82 Å². The van der Waals surface area contributed by atoms with Crippen LogP contribution in [0.1, 0.15) is 27.6 Å². The maximum Gasteiger partial charge on any atom is 0.345 e. The van der Waals surface area contributed by atoms with Crippen LogP contribution >= 0.6 is 0 Å². The molecule has 0 aliphatic carbocycles. The van der Waals surface area contributed by atoms with E-state index in [1.54, 1.807) is 24.3 Å². The van der Waals surface area contributed by atoms with Crippen molar-refractivity contribution < 1.29 is 36.2 Å². The van der Waals surface area contributed by atoms with Crippen molar-refractivity contribution >= 4 is 5.97 Å². The molecule has 29 heavy (non-hydrogen) atoms. The van der Waals surface area contributed by atoms with Crippen LogP contribution in [0.15, 0.2) is 24.3 Å². The van der Waals surface area contributed by atoms with Crippen molar-refractivity contribution in [2.45, 2.75) is 13.0 Å². The molecule has 2 aromatic rings. The monoisotopic (exact) mass is 415 g/mol. The molecule has 0 spiro atoms. The van der Waals surface area contributed by atoms with Crippen LogP contribution in [-0.4, -0.2) is 43.7 Å². The van der Waals surface area contributed by atoms with Gasteiger partial charge in [0.05, 0.1) is 13.2 Å². The Kier molecular flexibility index (Phi) is 6.49. The average molecular weight is 415 g/mol. The number of ether oxygens (including phenoxy) is 2. The van der Waals surface area contributed by atoms with E-state index >= 15 is 0 Å². The second-order valence-electron chi connectivity index (χ2n) is 6.66. The van der Waals surface area contributed by atoms with Gasteiger partial charge in [0.25, 0.3) is 0 Å². The third kappa shape index (κ3) is 4.56. The van der Waals surface area contributed by atoms with Crippen molar-refractivity contribution in [3.63, 3.8) is 0 Å². The van der Waals surface area contributed by atoms with Crippen LogP contribution < -0.4 is 0 Å². The summed E-state index contributed by atoms with van der Waals surface area (Å²) in [4.78, 5) is 14.3. The summed E-state index contributed by atoms with van der Waals surface area (Å²) in [6.45, 7) is 4.04. The fraction of sp³-hybridized carbons (Fsp3) is 0.350. The number of morpholine rings is 1. The number of hydrogen-bond donors (Lipinski definition) is 0. The zero-order valence-corrected chi connectivity index (χ0v) is 15.5. The first-order chi connectivity index (χ1) is 13.8. The van der Waals surface area contributed by atoms with E-state index < -0.39 is 46.7 Å². The summed E-state index contributed by atoms with van der Waals surface area (Å²) in [7, 11) is 0. The summed E-state index contributed by atoms with van der Waals surface area (Å²) in [5.41, 5.74) is -0.148. The predicted octanol–water partition coefficient (Wildman–Crippen LogP) is 3.92. The number of aryl methyl sites for hydroxylation is 1. The largest absolute Gasteiger partial charge is 0.452 e. The molecule has 9 heteroatoms. The second kappa shape index (κ2) is 8.87. The van der Waals surface area contributed by atoms with E-state index in [9.17, 15) is 26.7 Å². The standard InChI is InChI=1S/C20H18F5NO3/c1-11-2-4-12(5-3-11)13(10-26-6-8-28-9-7-26)29-20(27)14-15(21)17(23)19(25)18(24)16(14)22/h2-5,13H,6-10H2,1H3. The molecule has 4 nitrogen and oxygen atoms in total. The van der Waals surface area contributed by atoms with E-state index in [-0.39, 0.29) is 6.54 Å². The van der Waals surface area contributed by atoms with Crippen molar-refractivity contribution in [3.05, 3.63) is 70.0 Å². The highest BCUT2D eigenvalue weighted by atomic mass is 19.2. The van der Waals surface area contributed by atoms with Gasteiger partial charge in [0.1, 0.15) is 11.7 Å². The van der Waals surface area contributed by atoms with Gasteiger partial charge in [-0.25, -0.2) is 26.7 Å². The summed E-state index contributed by atoms with van der Waals surface area (Å²) in [5.74, 6) is -12.8. The molecule has 2 aromatic carbocycles. The van der Waals surface area contributed by atoms with Gasteiger partial charge in [-0.05, 0) is 12.5 Å². The van der Waals surface area contributed by atoms with Gasteiger partial charge in [-0.3, -0.25) is 4.90 Å². The van der Waals surface area contributed by atoms with Gasteiger partial charge < -0.3 is 9.47 Å². The third-order valence-electron chi connectivity index (χ3n) is 4.64. The Morgan fingerprint density at radius 1 is 0.966 bits per heavy atom. The summed E-state index contributed by atoms with van der Waals surface area (Å²) in [5, 5.41) is 0. The smallest absolute Gasteiger partial charge is 0.345 e. The molecule has 1 fully saturated rings. The van der Waals surface area contributed by atoms with Crippen molar-refractivity contribution in [3.8, 4) is 0 Å². The molecule has 156 valence electrons. The molecule has 0 amide bonds. The molecule has 1 unspecified atom stereocenters. The first kappa shape index (κ1) is 21.2. The van der Waals surface area contributed by atoms with Gasteiger partial charge in [-0.1, -0.05) is 29.8 Å². The molecular formula is C20H18F5NO3. The Balaban J connectivity index is 1.91. The SMILES string of the molecule is Cc1ccc(C(CN2CCOCC2)OC(=O)c2c(F)c(F)c(F)c(F)c2F)cc1. The normalized spacial score (nSPS) is 15.9. The Bertz CT molecular complexity index is 869. The lowest BCUT2D eigenvalue weighted by Crippen LogP contribution is -2.39. The third-order valence-corrected chi connectivity index (χ3v) is 4.64. The van der Waals surface area contributed by atoms with Crippen LogP contribution in [0.5, 0.6) is 0 Å². The van der Waals surface area contributed by atoms with E-state index in [4.69, 9.17) is 9.47 Å². The number of carbonyl (C=O) groups excluding carboxylic acids is 1. The lowest BCUT2D eigenvalue weighted by Gasteiger charge is -2.30. The van der Waals surface area contributed by atoms with Crippen molar-refractivity contribution in [2.24, 2.45) is 0 Å². The quantitative estimate of drug-likeness (QED) is 0.321. The maximum atomic E-state index is 14.0. The molecule has 1 heterocycles. The summed E-state index contributed by atoms with van der Waals surface area (Å²) >= 11 is 0. The zero-order chi connectivity index (χ0) is 21.1. The second-order valence-corrected chi connectivity index (χ2v) is 6.66. The first-order valence-electron chi connectivity index (χ1n) is 8.88. The summed E-state index contributed by atoms with van der Waals surface area (Å²) in [6.07, 6.45) is -0.976. The van der Waals surface area contributed by atoms with Gasteiger partial charge in [-0.15, -0.1) is 0 Å². The van der Waals surface area contributed by atoms with Gasteiger partial charge >= 0.3 is 5.97 Å². The van der Waals surface area contributed by atoms with Gasteiger partial charge in [0.15, 0.2) is 23.3 Å². The van der Waals surface area contributed by atoms with Crippen LogP contribution in [0, 0.1) is 36.0 Å². The first-order valence-corrected chi connectivity index (χ1v) is 8.88. The average Bonchev–Trinajstić information content (AvgIpc) is 2.72. The number of carbonyl (C=O) groups is 1. The fourth-order valence-electron chi connectivity index (χ4n) is 2.98. The molecule has 0 radical (unpaired) electrons. The molecular weight excluding hydrogens is 397 g/mol. The van der Waals surface area contributed by atoms with Crippen LogP contribution in [0.2, 0.25) is 0 Å². The molecule has 0 N–H and O–H groups in total. The van der Waals surface area contributed by atoms with Crippen molar-refractivity contribution in [1.29, 1.82) is 0 Å². The Hall–Kier alpha value is -2.52. The van der Waals surface area contributed by atoms with Gasteiger partial charge in [0, 0.05) is 19.6 Å². The van der Waals surface area contributed by atoms with Crippen molar-refractivity contribution in [2.75, 3.05) is 32.8 Å². The maximum absolute atomic E-state index is 14.0. The van der Waals surface area contributed by atoms with Crippen LogP contribution in [0.25, 0.3) is 0 Å². The van der Waals surface area contributed by atoms with E-state index in [1.165, 1.54) is 0 Å². The molecule has 0 saturated carbocycles. The Labute approximate surface area is 163 Å². The molecule has 3 rings (SSSR count). The topological polar surface area (TPSA) is 38.8 Å². The minimum absolute atomic E-state index is 0.174. The molecule has 1 aliphatic heterocycles. The summed E-state index contributed by atoms with van der Waals surface area (Å²) in [6, 6.07) is 6.86. The molecule has 0 bridgehead atoms. The minimum atomic E-state index is -2.33.